The van der Waals surface area contributed by atoms with Crippen LogP contribution in [0.2, 0.25) is 0 Å². The molecule has 0 saturated heterocycles. The molecule has 1 fully saturated rings. The van der Waals surface area contributed by atoms with E-state index in [2.05, 4.69) is 17.2 Å². The van der Waals surface area contributed by atoms with E-state index >= 15 is 0 Å². The second-order valence-corrected chi connectivity index (χ2v) is 5.16. The lowest BCUT2D eigenvalue weighted by atomic mass is 9.79. The van der Waals surface area contributed by atoms with Gasteiger partial charge in [-0.25, -0.2) is 9.78 Å². The van der Waals surface area contributed by atoms with Crippen molar-refractivity contribution in [1.82, 2.24) is 4.98 Å². The van der Waals surface area contributed by atoms with Crippen LogP contribution >= 0.6 is 11.3 Å². The van der Waals surface area contributed by atoms with Crippen molar-refractivity contribution in [2.45, 2.75) is 38.6 Å². The Morgan fingerprint density at radius 2 is 2.44 bits per heavy atom. The zero-order valence-corrected chi connectivity index (χ0v) is 10.4. The number of ether oxygens (including phenoxy) is 1. The highest BCUT2D eigenvalue weighted by atomic mass is 32.1. The van der Waals surface area contributed by atoms with Crippen LogP contribution in [-0.4, -0.2) is 23.1 Å². The van der Waals surface area contributed by atoms with Crippen molar-refractivity contribution in [1.29, 1.82) is 0 Å². The summed E-state index contributed by atoms with van der Waals surface area (Å²) < 4.78 is 4.89. The highest BCUT2D eigenvalue weighted by Crippen LogP contribution is 2.35. The van der Waals surface area contributed by atoms with Gasteiger partial charge in [-0.3, -0.25) is 0 Å². The molecular weight excluding hydrogens is 224 g/mol. The number of anilines is 1. The molecule has 0 aromatic carbocycles. The first-order chi connectivity index (χ1) is 7.63. The molecule has 1 aromatic heterocycles. The van der Waals surface area contributed by atoms with Crippen LogP contribution in [0, 0.1) is 0 Å². The average Bonchev–Trinajstić information content (AvgIpc) is 2.64. The van der Waals surface area contributed by atoms with Crippen molar-refractivity contribution < 1.29 is 9.53 Å². The summed E-state index contributed by atoms with van der Waals surface area (Å²) in [6.07, 6.45) is 3.60. The normalized spacial score (nSPS) is 17.6. The lowest BCUT2D eigenvalue weighted by molar-refractivity contribution is 0.0520. The monoisotopic (exact) mass is 240 g/mol. The number of rotatable bonds is 4. The number of thiazole rings is 1. The summed E-state index contributed by atoms with van der Waals surface area (Å²) in [4.78, 5) is 15.6. The molecule has 1 aromatic rings. The van der Waals surface area contributed by atoms with Crippen molar-refractivity contribution >= 4 is 22.4 Å². The predicted octanol–water partition coefficient (Wildman–Crippen LogP) is 2.67. The molecular formula is C11H16N2O2S. The summed E-state index contributed by atoms with van der Waals surface area (Å²) in [6.45, 7) is 4.36. The van der Waals surface area contributed by atoms with Crippen molar-refractivity contribution in [3.63, 3.8) is 0 Å². The predicted molar refractivity (Wildman–Crippen MR) is 63.9 cm³/mol. The molecule has 0 amide bonds. The molecule has 1 saturated carbocycles. The molecule has 1 heterocycles. The van der Waals surface area contributed by atoms with E-state index in [0.717, 1.165) is 5.13 Å². The van der Waals surface area contributed by atoms with Crippen LogP contribution in [-0.2, 0) is 4.74 Å². The Labute approximate surface area is 99.0 Å². The van der Waals surface area contributed by atoms with E-state index in [1.807, 2.05) is 0 Å². The quantitative estimate of drug-likeness (QED) is 0.822. The molecule has 88 valence electrons. The van der Waals surface area contributed by atoms with Gasteiger partial charge in [-0.15, -0.1) is 11.3 Å². The number of carbonyl (C=O) groups is 1. The van der Waals surface area contributed by atoms with Crippen LogP contribution in [0.4, 0.5) is 5.13 Å². The van der Waals surface area contributed by atoms with Crippen LogP contribution in [0.3, 0.4) is 0 Å². The molecule has 4 nitrogen and oxygen atoms in total. The van der Waals surface area contributed by atoms with E-state index in [0.29, 0.717) is 12.3 Å². The number of esters is 1. The van der Waals surface area contributed by atoms with E-state index in [4.69, 9.17) is 4.74 Å². The maximum absolute atomic E-state index is 11.4. The number of nitrogens with zero attached hydrogens (tertiary/aromatic N) is 1. The van der Waals surface area contributed by atoms with E-state index in [-0.39, 0.29) is 11.5 Å². The van der Waals surface area contributed by atoms with Gasteiger partial charge in [0.05, 0.1) is 6.61 Å². The molecule has 2 rings (SSSR count). The zero-order valence-electron chi connectivity index (χ0n) is 9.58. The first kappa shape index (κ1) is 11.4. The fourth-order valence-corrected chi connectivity index (χ4v) is 2.55. The Kier molecular flexibility index (Phi) is 3.14. The Morgan fingerprint density at radius 3 is 3.00 bits per heavy atom. The van der Waals surface area contributed by atoms with Gasteiger partial charge in [-0.2, -0.15) is 0 Å². The van der Waals surface area contributed by atoms with Gasteiger partial charge in [0.15, 0.2) is 10.8 Å². The molecule has 0 bridgehead atoms. The molecule has 1 N–H and O–H groups in total. The van der Waals surface area contributed by atoms with Crippen LogP contribution in [0.5, 0.6) is 0 Å². The number of hydrogen-bond donors (Lipinski definition) is 1. The van der Waals surface area contributed by atoms with Gasteiger partial charge >= 0.3 is 5.97 Å². The van der Waals surface area contributed by atoms with E-state index < -0.39 is 0 Å². The molecule has 1 aliphatic rings. The van der Waals surface area contributed by atoms with E-state index in [1.165, 1.54) is 30.6 Å². The highest BCUT2D eigenvalue weighted by molar-refractivity contribution is 7.13. The highest BCUT2D eigenvalue weighted by Gasteiger charge is 2.32. The third kappa shape index (κ3) is 2.35. The summed E-state index contributed by atoms with van der Waals surface area (Å²) in [7, 11) is 0. The van der Waals surface area contributed by atoms with Gasteiger partial charge in [-0.1, -0.05) is 0 Å². The van der Waals surface area contributed by atoms with Crippen LogP contribution in [0.15, 0.2) is 5.38 Å². The fourth-order valence-electron chi connectivity index (χ4n) is 1.72. The van der Waals surface area contributed by atoms with Crippen molar-refractivity contribution in [3.8, 4) is 0 Å². The van der Waals surface area contributed by atoms with Gasteiger partial charge in [0.1, 0.15) is 0 Å². The number of aromatic nitrogens is 1. The second kappa shape index (κ2) is 4.41. The summed E-state index contributed by atoms with van der Waals surface area (Å²) in [5.74, 6) is -0.342. The average molecular weight is 240 g/mol. The summed E-state index contributed by atoms with van der Waals surface area (Å²) >= 11 is 1.46. The van der Waals surface area contributed by atoms with Gasteiger partial charge in [0.25, 0.3) is 0 Å². The molecule has 5 heteroatoms. The maximum atomic E-state index is 11.4. The molecule has 0 atom stereocenters. The lowest BCUT2D eigenvalue weighted by Gasteiger charge is -2.39. The van der Waals surface area contributed by atoms with Crippen LogP contribution < -0.4 is 5.32 Å². The first-order valence-corrected chi connectivity index (χ1v) is 6.42. The molecule has 0 radical (unpaired) electrons. The van der Waals surface area contributed by atoms with Gasteiger partial charge < -0.3 is 10.1 Å². The Hall–Kier alpha value is -1.10. The van der Waals surface area contributed by atoms with E-state index in [1.54, 1.807) is 12.3 Å². The number of nitrogens with one attached hydrogen (secondary N) is 1. The number of hydrogen-bond acceptors (Lipinski definition) is 5. The minimum atomic E-state index is -0.342. The fraction of sp³-hybridized carbons (Fsp3) is 0.636. The van der Waals surface area contributed by atoms with Crippen LogP contribution in [0.1, 0.15) is 43.6 Å². The Balaban J connectivity index is 1.99. The standard InChI is InChI=1S/C11H16N2O2S/c1-3-15-9(14)8-7-16-10(12-8)13-11(2)5-4-6-11/h7H,3-6H2,1-2H3,(H,12,13). The maximum Gasteiger partial charge on any atom is 0.357 e. The molecule has 0 aliphatic heterocycles. The summed E-state index contributed by atoms with van der Waals surface area (Å²) in [5, 5.41) is 5.92. The van der Waals surface area contributed by atoms with Gasteiger partial charge in [0.2, 0.25) is 0 Å². The second-order valence-electron chi connectivity index (χ2n) is 4.30. The first-order valence-electron chi connectivity index (χ1n) is 5.54. The van der Waals surface area contributed by atoms with Crippen molar-refractivity contribution in [2.24, 2.45) is 0 Å². The lowest BCUT2D eigenvalue weighted by Crippen LogP contribution is -2.41. The minimum absolute atomic E-state index is 0.170. The molecule has 0 spiro atoms. The Bertz CT molecular complexity index is 385. The van der Waals surface area contributed by atoms with Gasteiger partial charge in [0, 0.05) is 10.9 Å². The van der Waals surface area contributed by atoms with Gasteiger partial charge in [-0.05, 0) is 33.1 Å². The topological polar surface area (TPSA) is 51.2 Å². The molecule has 1 aliphatic carbocycles. The van der Waals surface area contributed by atoms with E-state index in [9.17, 15) is 4.79 Å². The summed E-state index contributed by atoms with van der Waals surface area (Å²) in [6, 6.07) is 0. The molecule has 0 unspecified atom stereocenters. The number of carbonyl (C=O) groups excluding carboxylic acids is 1. The minimum Gasteiger partial charge on any atom is -0.461 e. The zero-order chi connectivity index (χ0) is 11.6. The molecule has 16 heavy (non-hydrogen) atoms. The SMILES string of the molecule is CCOC(=O)c1csc(NC2(C)CCC2)n1. The summed E-state index contributed by atoms with van der Waals surface area (Å²) in [5.41, 5.74) is 0.571. The van der Waals surface area contributed by atoms with Crippen molar-refractivity contribution in [3.05, 3.63) is 11.1 Å². The Morgan fingerprint density at radius 1 is 1.69 bits per heavy atom. The largest absolute Gasteiger partial charge is 0.461 e. The smallest absolute Gasteiger partial charge is 0.357 e. The van der Waals surface area contributed by atoms with Crippen molar-refractivity contribution in [2.75, 3.05) is 11.9 Å². The van der Waals surface area contributed by atoms with Crippen LogP contribution in [0.25, 0.3) is 0 Å². The third-order valence-electron chi connectivity index (χ3n) is 2.85. The third-order valence-corrected chi connectivity index (χ3v) is 3.61.